The summed E-state index contributed by atoms with van der Waals surface area (Å²) in [6.07, 6.45) is -2.92. The van der Waals surface area contributed by atoms with Crippen molar-refractivity contribution >= 4 is 36.3 Å². The number of halogens is 5. The summed E-state index contributed by atoms with van der Waals surface area (Å²) < 4.78 is 93.1. The number of alkyl carbamates (subject to hydrolysis) is 2. The van der Waals surface area contributed by atoms with E-state index in [9.17, 15) is 50.7 Å². The number of hydrogen-bond donors (Lipinski definition) is 3. The summed E-state index contributed by atoms with van der Waals surface area (Å²) in [5, 5.41) is 14.1. The minimum absolute atomic E-state index is 0.0288. The fourth-order valence-corrected chi connectivity index (χ4v) is 5.04. The van der Waals surface area contributed by atoms with Gasteiger partial charge in [0, 0.05) is 39.3 Å². The molecule has 0 aliphatic heterocycles. The highest BCUT2D eigenvalue weighted by Gasteiger charge is 2.31. The first-order valence-electron chi connectivity index (χ1n) is 20.1. The molecule has 0 aliphatic carbocycles. The summed E-state index contributed by atoms with van der Waals surface area (Å²) in [6, 6.07) is 17.8. The maximum absolute atomic E-state index is 13.9. The molecule has 2 atom stereocenters. The summed E-state index contributed by atoms with van der Waals surface area (Å²) in [5.74, 6) is -17.8. The van der Waals surface area contributed by atoms with E-state index >= 15 is 0 Å². The Morgan fingerprint density at radius 1 is 0.585 bits per heavy atom. The lowest BCUT2D eigenvalue weighted by atomic mass is 10.1. The predicted octanol–water partition coefficient (Wildman–Crippen LogP) is 7.96. The van der Waals surface area contributed by atoms with Crippen molar-refractivity contribution in [2.75, 3.05) is 39.3 Å². The predicted molar refractivity (Wildman–Crippen MR) is 223 cm³/mol. The Bertz CT molecular complexity index is 2040. The average molecular weight is 927 g/mol. The molecule has 3 rings (SSSR count). The lowest BCUT2D eigenvalue weighted by Crippen LogP contribution is -2.43. The number of amides is 4. The lowest BCUT2D eigenvalue weighted by molar-refractivity contribution is -0.141. The minimum atomic E-state index is -2.40. The first-order chi connectivity index (χ1) is 30.3. The molecule has 16 nitrogen and oxygen atoms in total. The number of hydrogen-bond acceptors (Lipinski definition) is 11. The Hall–Kier alpha value is -6.67. The summed E-state index contributed by atoms with van der Waals surface area (Å²) in [4.78, 5) is 74.5. The molecule has 0 spiro atoms. The number of nitrogens with zero attached hydrogens (tertiary/aromatic N) is 2. The van der Waals surface area contributed by atoms with Crippen molar-refractivity contribution in [3.63, 3.8) is 0 Å². The van der Waals surface area contributed by atoms with Crippen LogP contribution in [-0.2, 0) is 41.8 Å². The normalized spacial score (nSPS) is 12.0. The standard InChI is InChI=1S/C25H27F5N2O6.C19H28N2O6/c1-14(22(33)37-21-19(29)17(27)16(26)18(28)20(21)30)12-32(11-10-31-23(34)38-25(2,3)4)24(35)36-13-15-8-6-5-7-9-15;1-14(16(22)23)12-21(11-10-20-17(24)27-19(2,3)4)18(25)26-13-15-8-6-5-7-9-15/h5-9,14H,10-13H2,1-4H3,(H,31,34);5-9,14H,10-13H2,1-4H3,(H,20,24)(H,22,23)/t2*14-/m00/s1. The third kappa shape index (κ3) is 20.1. The van der Waals surface area contributed by atoms with E-state index in [0.29, 0.717) is 5.56 Å². The molecule has 0 radical (unpaired) electrons. The number of benzene rings is 3. The van der Waals surface area contributed by atoms with Gasteiger partial charge < -0.3 is 49.2 Å². The number of carbonyl (C=O) groups excluding carboxylic acids is 5. The van der Waals surface area contributed by atoms with E-state index in [1.807, 2.05) is 30.3 Å². The molecule has 0 saturated heterocycles. The van der Waals surface area contributed by atoms with Gasteiger partial charge in [-0.1, -0.05) is 74.5 Å². The van der Waals surface area contributed by atoms with Crippen LogP contribution in [0.5, 0.6) is 5.75 Å². The Balaban J connectivity index is 0.000000474. The second-order valence-electron chi connectivity index (χ2n) is 16.3. The van der Waals surface area contributed by atoms with Gasteiger partial charge in [-0.15, -0.1) is 0 Å². The van der Waals surface area contributed by atoms with Gasteiger partial charge in [0.15, 0.2) is 0 Å². The van der Waals surface area contributed by atoms with Crippen LogP contribution in [0.15, 0.2) is 60.7 Å². The Morgan fingerprint density at radius 2 is 0.938 bits per heavy atom. The minimum Gasteiger partial charge on any atom is -0.481 e. The first kappa shape index (κ1) is 54.5. The summed E-state index contributed by atoms with van der Waals surface area (Å²) in [5.41, 5.74) is 0.0758. The molecular weight excluding hydrogens is 871 g/mol. The number of esters is 1. The molecule has 0 aliphatic rings. The largest absolute Gasteiger partial charge is 0.481 e. The van der Waals surface area contributed by atoms with Crippen LogP contribution in [-0.4, -0.2) is 102 Å². The molecule has 65 heavy (non-hydrogen) atoms. The molecule has 3 N–H and O–H groups in total. The zero-order chi connectivity index (χ0) is 49.1. The van der Waals surface area contributed by atoms with E-state index in [-0.39, 0.29) is 45.9 Å². The fourth-order valence-electron chi connectivity index (χ4n) is 5.04. The molecule has 21 heteroatoms. The molecule has 0 saturated carbocycles. The molecule has 3 aromatic rings. The smallest absolute Gasteiger partial charge is 0.410 e. The van der Waals surface area contributed by atoms with Crippen molar-refractivity contribution in [2.24, 2.45) is 11.8 Å². The van der Waals surface area contributed by atoms with Crippen molar-refractivity contribution in [3.8, 4) is 5.75 Å². The van der Waals surface area contributed by atoms with Crippen molar-refractivity contribution < 1.29 is 79.5 Å². The van der Waals surface area contributed by atoms with Gasteiger partial charge >= 0.3 is 36.3 Å². The van der Waals surface area contributed by atoms with Gasteiger partial charge in [-0.3, -0.25) is 9.59 Å². The van der Waals surface area contributed by atoms with Gasteiger partial charge in [-0.05, 0) is 52.7 Å². The second kappa shape index (κ2) is 25.6. The molecule has 0 bridgehead atoms. The highest BCUT2D eigenvalue weighted by molar-refractivity contribution is 5.76. The van der Waals surface area contributed by atoms with Gasteiger partial charge in [-0.2, -0.15) is 8.78 Å². The number of rotatable bonds is 17. The summed E-state index contributed by atoms with van der Waals surface area (Å²) in [6.45, 7) is 12.3. The molecular formula is C44H55F5N4O12. The van der Waals surface area contributed by atoms with Gasteiger partial charge in [0.25, 0.3) is 0 Å². The molecule has 0 fully saturated rings. The quantitative estimate of drug-likeness (QED) is 0.0295. The average Bonchev–Trinajstić information content (AvgIpc) is 3.23. The van der Waals surface area contributed by atoms with Crippen LogP contribution in [0.1, 0.15) is 66.5 Å². The summed E-state index contributed by atoms with van der Waals surface area (Å²) >= 11 is 0. The fraction of sp³-hybridized carbons (Fsp3) is 0.455. The van der Waals surface area contributed by atoms with E-state index in [2.05, 4.69) is 15.4 Å². The van der Waals surface area contributed by atoms with E-state index in [1.54, 1.807) is 71.9 Å². The molecule has 0 heterocycles. The highest BCUT2D eigenvalue weighted by Crippen LogP contribution is 2.30. The van der Waals surface area contributed by atoms with Gasteiger partial charge in [0.05, 0.1) is 11.8 Å². The van der Waals surface area contributed by atoms with Crippen molar-refractivity contribution in [3.05, 3.63) is 101 Å². The maximum atomic E-state index is 13.9. The molecule has 358 valence electrons. The van der Waals surface area contributed by atoms with Crippen LogP contribution in [0.4, 0.5) is 41.1 Å². The van der Waals surface area contributed by atoms with Crippen LogP contribution >= 0.6 is 0 Å². The van der Waals surface area contributed by atoms with Gasteiger partial charge in [-0.25, -0.2) is 32.3 Å². The highest BCUT2D eigenvalue weighted by atomic mass is 19.2. The van der Waals surface area contributed by atoms with Crippen molar-refractivity contribution in [2.45, 2.75) is 79.8 Å². The van der Waals surface area contributed by atoms with E-state index in [1.165, 1.54) is 18.7 Å². The maximum Gasteiger partial charge on any atom is 0.410 e. The van der Waals surface area contributed by atoms with E-state index in [0.717, 1.165) is 10.5 Å². The zero-order valence-electron chi connectivity index (χ0n) is 37.3. The van der Waals surface area contributed by atoms with E-state index in [4.69, 9.17) is 24.1 Å². The van der Waals surface area contributed by atoms with Crippen LogP contribution in [0, 0.1) is 40.9 Å². The third-order valence-corrected chi connectivity index (χ3v) is 8.21. The number of nitrogens with one attached hydrogen (secondary N) is 2. The van der Waals surface area contributed by atoms with Crippen molar-refractivity contribution in [1.82, 2.24) is 20.4 Å². The second-order valence-corrected chi connectivity index (χ2v) is 16.3. The molecule has 4 amide bonds. The Kier molecular flexibility index (Phi) is 21.4. The van der Waals surface area contributed by atoms with Crippen LogP contribution in [0.2, 0.25) is 0 Å². The number of carboxylic acids is 1. The number of carbonyl (C=O) groups is 6. The van der Waals surface area contributed by atoms with Gasteiger partial charge in [0.1, 0.15) is 24.4 Å². The van der Waals surface area contributed by atoms with Crippen LogP contribution in [0.3, 0.4) is 0 Å². The Labute approximate surface area is 373 Å². The van der Waals surface area contributed by atoms with Crippen molar-refractivity contribution in [1.29, 1.82) is 0 Å². The topological polar surface area (TPSA) is 199 Å². The van der Waals surface area contributed by atoms with Gasteiger partial charge in [0.2, 0.25) is 34.8 Å². The molecule has 3 aromatic carbocycles. The SMILES string of the molecule is C[C@@H](CN(CCNC(=O)OC(C)(C)C)C(=O)OCc1ccccc1)C(=O)O.C[C@@H](CN(CCNC(=O)OC(C)(C)C)C(=O)OCc1ccccc1)C(=O)Oc1c(F)c(F)c(F)c(F)c1F. The molecule has 0 aromatic heterocycles. The molecule has 0 unspecified atom stereocenters. The monoisotopic (exact) mass is 926 g/mol. The number of carboxylic acid groups (broad SMARTS) is 1. The van der Waals surface area contributed by atoms with Crippen LogP contribution < -0.4 is 15.4 Å². The third-order valence-electron chi connectivity index (χ3n) is 8.21. The van der Waals surface area contributed by atoms with E-state index < -0.39 is 101 Å². The zero-order valence-corrected chi connectivity index (χ0v) is 37.3. The summed E-state index contributed by atoms with van der Waals surface area (Å²) in [7, 11) is 0. The number of aliphatic carboxylic acids is 1. The Morgan fingerprint density at radius 3 is 1.29 bits per heavy atom. The number of ether oxygens (including phenoxy) is 5. The lowest BCUT2D eigenvalue weighted by Gasteiger charge is -2.25. The van der Waals surface area contributed by atoms with Crippen LogP contribution in [0.25, 0.3) is 0 Å². The first-order valence-corrected chi connectivity index (χ1v) is 20.1.